The Hall–Kier alpha value is -3.48. The highest BCUT2D eigenvalue weighted by atomic mass is 35.5. The second-order valence-electron chi connectivity index (χ2n) is 7.42. The number of nitrogens with zero attached hydrogens (tertiary/aromatic N) is 1. The van der Waals surface area contributed by atoms with E-state index in [1.165, 1.54) is 11.3 Å². The van der Waals surface area contributed by atoms with Gasteiger partial charge in [0.25, 0.3) is 5.91 Å². The first kappa shape index (κ1) is 22.7. The second-order valence-corrected chi connectivity index (χ2v) is 8.71. The molecule has 3 aromatic carbocycles. The molecule has 0 aliphatic carbocycles. The van der Waals surface area contributed by atoms with Crippen molar-refractivity contribution in [3.8, 4) is 10.6 Å². The molecule has 0 saturated carbocycles. The van der Waals surface area contributed by atoms with Crippen molar-refractivity contribution >= 4 is 40.4 Å². The van der Waals surface area contributed by atoms with Gasteiger partial charge in [-0.15, -0.1) is 11.3 Å². The van der Waals surface area contributed by atoms with Crippen molar-refractivity contribution < 1.29 is 9.59 Å². The highest BCUT2D eigenvalue weighted by molar-refractivity contribution is 7.13. The van der Waals surface area contributed by atoms with Crippen molar-refractivity contribution in [2.45, 2.75) is 12.8 Å². The first-order valence-corrected chi connectivity index (χ1v) is 11.8. The number of para-hydroxylation sites is 1. The fourth-order valence-electron chi connectivity index (χ4n) is 3.35. The third-order valence-electron chi connectivity index (χ3n) is 4.95. The molecule has 33 heavy (non-hydrogen) atoms. The zero-order chi connectivity index (χ0) is 23.0. The average Bonchev–Trinajstić information content (AvgIpc) is 3.28. The van der Waals surface area contributed by atoms with Crippen LogP contribution in [0.25, 0.3) is 10.6 Å². The minimum atomic E-state index is -0.234. The van der Waals surface area contributed by atoms with Gasteiger partial charge in [0, 0.05) is 22.5 Å². The number of carbonyl (C=O) groups is 2. The average molecular weight is 476 g/mol. The quantitative estimate of drug-likeness (QED) is 0.347. The molecule has 5 nitrogen and oxygen atoms in total. The summed E-state index contributed by atoms with van der Waals surface area (Å²) in [5.74, 6) is -0.457. The fourth-order valence-corrected chi connectivity index (χ4v) is 4.36. The molecule has 0 aliphatic heterocycles. The summed E-state index contributed by atoms with van der Waals surface area (Å²) in [5, 5.41) is 9.08. The van der Waals surface area contributed by atoms with Crippen LogP contribution in [0.1, 0.15) is 21.6 Å². The van der Waals surface area contributed by atoms with Crippen LogP contribution in [0, 0.1) is 0 Å². The SMILES string of the molecule is O=C(Cc1csc(-c2cccc(Cl)c2)n1)Nc1ccccc1C(=O)NCCc1ccccc1. The van der Waals surface area contributed by atoms with Crippen LogP contribution in [0.3, 0.4) is 0 Å². The molecule has 0 bridgehead atoms. The first-order chi connectivity index (χ1) is 16.1. The zero-order valence-corrected chi connectivity index (χ0v) is 19.3. The predicted molar refractivity (Wildman–Crippen MR) is 134 cm³/mol. The third-order valence-corrected chi connectivity index (χ3v) is 6.13. The highest BCUT2D eigenvalue weighted by Crippen LogP contribution is 2.26. The van der Waals surface area contributed by atoms with Crippen molar-refractivity contribution in [3.05, 3.63) is 106 Å². The van der Waals surface area contributed by atoms with Crippen LogP contribution in [0.4, 0.5) is 5.69 Å². The standard InChI is InChI=1S/C26H22ClN3O2S/c27-20-10-6-9-19(15-20)26-29-21(17-33-26)16-24(31)30-23-12-5-4-11-22(23)25(32)28-14-13-18-7-2-1-3-8-18/h1-12,15,17H,13-14,16H2,(H,28,32)(H,30,31). The number of carbonyl (C=O) groups excluding carboxylic acids is 2. The van der Waals surface area contributed by atoms with Crippen LogP contribution in [-0.2, 0) is 17.6 Å². The van der Waals surface area contributed by atoms with Gasteiger partial charge >= 0.3 is 0 Å². The van der Waals surface area contributed by atoms with E-state index < -0.39 is 0 Å². The van der Waals surface area contributed by atoms with E-state index in [9.17, 15) is 9.59 Å². The number of amides is 2. The van der Waals surface area contributed by atoms with Crippen molar-refractivity contribution in [2.24, 2.45) is 0 Å². The summed E-state index contributed by atoms with van der Waals surface area (Å²) in [6.45, 7) is 0.510. The number of benzene rings is 3. The summed E-state index contributed by atoms with van der Waals surface area (Å²) < 4.78 is 0. The molecule has 4 aromatic rings. The Labute approximate surface area is 201 Å². The molecule has 4 rings (SSSR count). The van der Waals surface area contributed by atoms with Gasteiger partial charge in [-0.25, -0.2) is 4.98 Å². The Bertz CT molecular complexity index is 1260. The van der Waals surface area contributed by atoms with Crippen LogP contribution in [-0.4, -0.2) is 23.3 Å². The first-order valence-electron chi connectivity index (χ1n) is 10.5. The van der Waals surface area contributed by atoms with Crippen molar-refractivity contribution in [1.29, 1.82) is 0 Å². The molecule has 0 unspecified atom stereocenters. The van der Waals surface area contributed by atoms with Crippen LogP contribution < -0.4 is 10.6 Å². The molecular weight excluding hydrogens is 454 g/mol. The molecule has 0 spiro atoms. The summed E-state index contributed by atoms with van der Waals surface area (Å²) in [6.07, 6.45) is 0.848. The van der Waals surface area contributed by atoms with Crippen LogP contribution in [0.15, 0.2) is 84.2 Å². The molecule has 7 heteroatoms. The van der Waals surface area contributed by atoms with E-state index in [4.69, 9.17) is 11.6 Å². The molecule has 1 aromatic heterocycles. The molecule has 1 heterocycles. The Kier molecular flexibility index (Phi) is 7.50. The molecular formula is C26H22ClN3O2S. The lowest BCUT2D eigenvalue weighted by Gasteiger charge is -2.11. The number of aromatic nitrogens is 1. The van der Waals surface area contributed by atoms with Crippen LogP contribution >= 0.6 is 22.9 Å². The fraction of sp³-hybridized carbons (Fsp3) is 0.115. The Morgan fingerprint density at radius 1 is 0.939 bits per heavy atom. The molecule has 0 aliphatic rings. The van der Waals surface area contributed by atoms with Crippen molar-refractivity contribution in [1.82, 2.24) is 10.3 Å². The maximum Gasteiger partial charge on any atom is 0.253 e. The minimum absolute atomic E-state index is 0.112. The largest absolute Gasteiger partial charge is 0.352 e. The molecule has 166 valence electrons. The molecule has 2 amide bonds. The Balaban J connectivity index is 1.36. The van der Waals surface area contributed by atoms with Gasteiger partial charge in [0.15, 0.2) is 0 Å². The number of hydrogen-bond acceptors (Lipinski definition) is 4. The summed E-state index contributed by atoms with van der Waals surface area (Å²) in [4.78, 5) is 29.9. The van der Waals surface area contributed by atoms with Gasteiger partial charge in [0.2, 0.25) is 5.91 Å². The van der Waals surface area contributed by atoms with Crippen LogP contribution in [0.2, 0.25) is 5.02 Å². The second kappa shape index (κ2) is 10.9. The van der Waals surface area contributed by atoms with E-state index in [-0.39, 0.29) is 18.2 Å². The van der Waals surface area contributed by atoms with E-state index in [0.29, 0.717) is 28.5 Å². The smallest absolute Gasteiger partial charge is 0.253 e. The Morgan fingerprint density at radius 3 is 2.55 bits per heavy atom. The number of nitrogens with one attached hydrogen (secondary N) is 2. The van der Waals surface area contributed by atoms with E-state index in [1.807, 2.05) is 60.0 Å². The molecule has 0 radical (unpaired) electrons. The van der Waals surface area contributed by atoms with Gasteiger partial charge in [0.1, 0.15) is 5.01 Å². The number of thiazole rings is 1. The Morgan fingerprint density at radius 2 is 1.73 bits per heavy atom. The van der Waals surface area contributed by atoms with Gasteiger partial charge in [-0.3, -0.25) is 9.59 Å². The van der Waals surface area contributed by atoms with Crippen molar-refractivity contribution in [3.63, 3.8) is 0 Å². The maximum absolute atomic E-state index is 12.7. The lowest BCUT2D eigenvalue weighted by atomic mass is 10.1. The lowest BCUT2D eigenvalue weighted by Crippen LogP contribution is -2.27. The van der Waals surface area contributed by atoms with Crippen LogP contribution in [0.5, 0.6) is 0 Å². The summed E-state index contributed by atoms with van der Waals surface area (Å²) in [6, 6.07) is 24.4. The number of halogens is 1. The third kappa shape index (κ3) is 6.28. The molecule has 0 atom stereocenters. The number of anilines is 1. The van der Waals surface area contributed by atoms with Gasteiger partial charge in [-0.05, 0) is 36.2 Å². The van der Waals surface area contributed by atoms with E-state index >= 15 is 0 Å². The molecule has 2 N–H and O–H groups in total. The molecule has 0 saturated heterocycles. The van der Waals surface area contributed by atoms with Crippen molar-refractivity contribution in [2.75, 3.05) is 11.9 Å². The predicted octanol–water partition coefficient (Wildman–Crippen LogP) is 5.62. The number of hydrogen-bond donors (Lipinski definition) is 2. The van der Waals surface area contributed by atoms with E-state index in [0.717, 1.165) is 22.6 Å². The highest BCUT2D eigenvalue weighted by Gasteiger charge is 2.14. The topological polar surface area (TPSA) is 71.1 Å². The van der Waals surface area contributed by atoms with Gasteiger partial charge in [0.05, 0.1) is 23.4 Å². The van der Waals surface area contributed by atoms with Gasteiger partial charge in [-0.2, -0.15) is 0 Å². The summed E-state index contributed by atoms with van der Waals surface area (Å²) in [5.41, 5.74) is 3.63. The minimum Gasteiger partial charge on any atom is -0.352 e. The van der Waals surface area contributed by atoms with E-state index in [1.54, 1.807) is 24.3 Å². The van der Waals surface area contributed by atoms with Gasteiger partial charge < -0.3 is 10.6 Å². The lowest BCUT2D eigenvalue weighted by molar-refractivity contribution is -0.115. The monoisotopic (exact) mass is 475 g/mol. The summed E-state index contributed by atoms with van der Waals surface area (Å²) in [7, 11) is 0. The van der Waals surface area contributed by atoms with Gasteiger partial charge in [-0.1, -0.05) is 66.2 Å². The summed E-state index contributed by atoms with van der Waals surface area (Å²) >= 11 is 7.52. The zero-order valence-electron chi connectivity index (χ0n) is 17.8. The molecule has 0 fully saturated rings. The maximum atomic E-state index is 12.7. The number of rotatable bonds is 8. The van der Waals surface area contributed by atoms with E-state index in [2.05, 4.69) is 15.6 Å². The normalized spacial score (nSPS) is 10.6.